The fourth-order valence-corrected chi connectivity index (χ4v) is 3.90. The molecule has 0 fully saturated rings. The van der Waals surface area contributed by atoms with E-state index in [1.54, 1.807) is 6.07 Å². The molecule has 4 rings (SSSR count). The summed E-state index contributed by atoms with van der Waals surface area (Å²) in [5, 5.41) is 14.0. The van der Waals surface area contributed by atoms with Gasteiger partial charge in [-0.05, 0) is 34.4 Å². The van der Waals surface area contributed by atoms with Crippen molar-refractivity contribution in [2.75, 3.05) is 18.5 Å². The number of aliphatic carboxylic acids is 1. The monoisotopic (exact) mass is 457 g/mol. The van der Waals surface area contributed by atoms with Crippen LogP contribution in [0.5, 0.6) is 0 Å². The van der Waals surface area contributed by atoms with Gasteiger partial charge in [0.1, 0.15) is 6.61 Å². The Morgan fingerprint density at radius 2 is 1.65 bits per heavy atom. The molecule has 1 heterocycles. The SMILES string of the molecule is O=C(O)Cc1ccc(NC(=O)/C=C/CNC(=O)OCC2c3ccccc3-c3ccccc32)cn1. The van der Waals surface area contributed by atoms with Crippen LogP contribution in [0.15, 0.2) is 79.0 Å². The van der Waals surface area contributed by atoms with Crippen molar-refractivity contribution >= 4 is 23.7 Å². The maximum absolute atomic E-state index is 12.1. The number of nitrogens with zero attached hydrogens (tertiary/aromatic N) is 1. The molecule has 0 saturated heterocycles. The van der Waals surface area contributed by atoms with Crippen molar-refractivity contribution in [2.45, 2.75) is 12.3 Å². The molecule has 8 nitrogen and oxygen atoms in total. The number of fused-ring (bicyclic) bond motifs is 3. The molecule has 172 valence electrons. The summed E-state index contributed by atoms with van der Waals surface area (Å²) in [5.74, 6) is -1.40. The van der Waals surface area contributed by atoms with E-state index < -0.39 is 18.0 Å². The first-order valence-corrected chi connectivity index (χ1v) is 10.7. The Morgan fingerprint density at radius 1 is 0.971 bits per heavy atom. The lowest BCUT2D eigenvalue weighted by atomic mass is 9.98. The van der Waals surface area contributed by atoms with Crippen LogP contribution >= 0.6 is 0 Å². The van der Waals surface area contributed by atoms with Crippen LogP contribution < -0.4 is 10.6 Å². The Hall–Kier alpha value is -4.46. The van der Waals surface area contributed by atoms with Gasteiger partial charge in [0.15, 0.2) is 0 Å². The molecule has 0 unspecified atom stereocenters. The van der Waals surface area contributed by atoms with Gasteiger partial charge < -0.3 is 20.5 Å². The Bertz CT molecular complexity index is 1190. The molecular weight excluding hydrogens is 434 g/mol. The second-order valence-electron chi connectivity index (χ2n) is 7.71. The number of carboxylic acids is 1. The van der Waals surface area contributed by atoms with Crippen molar-refractivity contribution in [1.29, 1.82) is 0 Å². The third kappa shape index (κ3) is 5.47. The molecule has 8 heteroatoms. The number of carbonyl (C=O) groups excluding carboxylic acids is 2. The molecule has 3 N–H and O–H groups in total. The van der Waals surface area contributed by atoms with Gasteiger partial charge in [-0.15, -0.1) is 0 Å². The molecule has 2 amide bonds. The number of pyridine rings is 1. The van der Waals surface area contributed by atoms with Crippen LogP contribution in [0, 0.1) is 0 Å². The number of nitrogens with one attached hydrogen (secondary N) is 2. The number of aromatic nitrogens is 1. The molecular formula is C26H23N3O5. The second kappa shape index (κ2) is 10.4. The number of alkyl carbamates (subject to hydrolysis) is 1. The number of amides is 2. The predicted octanol–water partition coefficient (Wildman–Crippen LogP) is 3.74. The van der Waals surface area contributed by atoms with E-state index >= 15 is 0 Å². The van der Waals surface area contributed by atoms with Crippen molar-refractivity contribution in [1.82, 2.24) is 10.3 Å². The molecule has 0 aliphatic heterocycles. The zero-order chi connectivity index (χ0) is 23.9. The minimum Gasteiger partial charge on any atom is -0.481 e. The lowest BCUT2D eigenvalue weighted by Gasteiger charge is -2.14. The number of anilines is 1. The molecule has 3 aromatic rings. The second-order valence-corrected chi connectivity index (χ2v) is 7.71. The number of ether oxygens (including phenoxy) is 1. The number of hydrogen-bond acceptors (Lipinski definition) is 5. The van der Waals surface area contributed by atoms with E-state index in [0.29, 0.717) is 11.4 Å². The van der Waals surface area contributed by atoms with E-state index in [4.69, 9.17) is 9.84 Å². The highest BCUT2D eigenvalue weighted by Crippen LogP contribution is 2.44. The molecule has 2 aromatic carbocycles. The van der Waals surface area contributed by atoms with Gasteiger partial charge >= 0.3 is 12.1 Å². The smallest absolute Gasteiger partial charge is 0.407 e. The third-order valence-corrected chi connectivity index (χ3v) is 5.40. The highest BCUT2D eigenvalue weighted by molar-refractivity contribution is 5.99. The Kier molecular flexibility index (Phi) is 6.98. The van der Waals surface area contributed by atoms with Crippen LogP contribution in [-0.4, -0.2) is 41.2 Å². The number of hydrogen-bond donors (Lipinski definition) is 3. The van der Waals surface area contributed by atoms with Gasteiger partial charge in [-0.25, -0.2) is 4.79 Å². The van der Waals surface area contributed by atoms with Crippen molar-refractivity contribution < 1.29 is 24.2 Å². The van der Waals surface area contributed by atoms with Crippen molar-refractivity contribution in [3.8, 4) is 11.1 Å². The molecule has 0 spiro atoms. The zero-order valence-electron chi connectivity index (χ0n) is 18.2. The summed E-state index contributed by atoms with van der Waals surface area (Å²) in [6.45, 7) is 0.342. The molecule has 0 atom stereocenters. The van der Waals surface area contributed by atoms with Crippen LogP contribution in [0.2, 0.25) is 0 Å². The zero-order valence-corrected chi connectivity index (χ0v) is 18.2. The van der Waals surface area contributed by atoms with E-state index in [1.807, 2.05) is 24.3 Å². The average molecular weight is 457 g/mol. The van der Waals surface area contributed by atoms with E-state index in [-0.39, 0.29) is 25.5 Å². The van der Waals surface area contributed by atoms with Crippen molar-refractivity contribution in [2.24, 2.45) is 0 Å². The van der Waals surface area contributed by atoms with Crippen LogP contribution in [0.25, 0.3) is 11.1 Å². The highest BCUT2D eigenvalue weighted by atomic mass is 16.5. The number of benzene rings is 2. The lowest BCUT2D eigenvalue weighted by Crippen LogP contribution is -2.26. The standard InChI is InChI=1S/C26H23N3O5/c30-24(29-18-12-11-17(28-15-18)14-25(31)32)10-5-13-27-26(33)34-16-23-21-8-3-1-6-19(21)20-7-2-4-9-22(20)23/h1-12,15,23H,13-14,16H2,(H,27,33)(H,29,30)(H,31,32)/b10-5+. The lowest BCUT2D eigenvalue weighted by molar-refractivity contribution is -0.136. The summed E-state index contributed by atoms with van der Waals surface area (Å²) in [6.07, 6.45) is 3.43. The minimum absolute atomic E-state index is 0.0185. The number of rotatable bonds is 8. The summed E-state index contributed by atoms with van der Waals surface area (Å²) in [6, 6.07) is 19.3. The summed E-state index contributed by atoms with van der Waals surface area (Å²) in [4.78, 5) is 38.8. The van der Waals surface area contributed by atoms with Crippen LogP contribution in [0.1, 0.15) is 22.7 Å². The predicted molar refractivity (Wildman–Crippen MR) is 126 cm³/mol. The molecule has 1 aromatic heterocycles. The molecule has 34 heavy (non-hydrogen) atoms. The van der Waals surface area contributed by atoms with Crippen LogP contribution in [-0.2, 0) is 20.7 Å². The van der Waals surface area contributed by atoms with E-state index in [1.165, 1.54) is 24.4 Å². The van der Waals surface area contributed by atoms with Crippen molar-refractivity contribution in [3.63, 3.8) is 0 Å². The summed E-state index contributed by atoms with van der Waals surface area (Å²) >= 11 is 0. The van der Waals surface area contributed by atoms with E-state index in [0.717, 1.165) is 22.3 Å². The molecule has 0 bridgehead atoms. The molecule has 1 aliphatic rings. The normalized spacial score (nSPS) is 12.1. The number of carbonyl (C=O) groups is 3. The van der Waals surface area contributed by atoms with Crippen LogP contribution in [0.3, 0.4) is 0 Å². The van der Waals surface area contributed by atoms with Crippen LogP contribution in [0.4, 0.5) is 10.5 Å². The first kappa shape index (κ1) is 22.7. The third-order valence-electron chi connectivity index (χ3n) is 5.40. The largest absolute Gasteiger partial charge is 0.481 e. The Morgan fingerprint density at radius 3 is 2.26 bits per heavy atom. The maximum atomic E-state index is 12.1. The van der Waals surface area contributed by atoms with Gasteiger partial charge in [0.05, 0.1) is 24.0 Å². The first-order valence-electron chi connectivity index (χ1n) is 10.7. The number of carboxylic acid groups (broad SMARTS) is 1. The maximum Gasteiger partial charge on any atom is 0.407 e. The van der Waals surface area contributed by atoms with Gasteiger partial charge in [-0.1, -0.05) is 54.6 Å². The summed E-state index contributed by atoms with van der Waals surface area (Å²) in [7, 11) is 0. The Labute approximate surface area is 196 Å². The van der Waals surface area contributed by atoms with Gasteiger partial charge in [0, 0.05) is 18.5 Å². The average Bonchev–Trinajstić information content (AvgIpc) is 3.15. The molecule has 0 saturated carbocycles. The Balaban J connectivity index is 1.23. The fourth-order valence-electron chi connectivity index (χ4n) is 3.90. The summed E-state index contributed by atoms with van der Waals surface area (Å²) in [5.41, 5.74) is 5.43. The molecule has 0 radical (unpaired) electrons. The van der Waals surface area contributed by atoms with Crippen molar-refractivity contribution in [3.05, 3.63) is 95.8 Å². The highest BCUT2D eigenvalue weighted by Gasteiger charge is 2.28. The quantitative estimate of drug-likeness (QED) is 0.444. The fraction of sp³-hybridized carbons (Fsp3) is 0.154. The van der Waals surface area contributed by atoms with Gasteiger partial charge in [-0.2, -0.15) is 0 Å². The minimum atomic E-state index is -0.976. The summed E-state index contributed by atoms with van der Waals surface area (Å²) < 4.78 is 5.45. The van der Waals surface area contributed by atoms with Gasteiger partial charge in [0.25, 0.3) is 0 Å². The topological polar surface area (TPSA) is 118 Å². The molecule has 1 aliphatic carbocycles. The van der Waals surface area contributed by atoms with E-state index in [9.17, 15) is 14.4 Å². The van der Waals surface area contributed by atoms with Gasteiger partial charge in [-0.3, -0.25) is 14.6 Å². The van der Waals surface area contributed by atoms with Gasteiger partial charge in [0.2, 0.25) is 5.91 Å². The van der Waals surface area contributed by atoms with E-state index in [2.05, 4.69) is 39.9 Å². The first-order chi connectivity index (χ1) is 16.5.